The number of sulfone groups is 1. The van der Waals surface area contributed by atoms with Crippen molar-refractivity contribution < 1.29 is 13.2 Å². The van der Waals surface area contributed by atoms with Crippen LogP contribution in [0.4, 0.5) is 0 Å². The first-order chi connectivity index (χ1) is 14.2. The molecule has 2 aromatic rings. The van der Waals surface area contributed by atoms with Crippen molar-refractivity contribution in [3.8, 4) is 0 Å². The summed E-state index contributed by atoms with van der Waals surface area (Å²) in [4.78, 5) is 18.4. The number of hydrogen-bond donors (Lipinski definition) is 2. The number of aliphatic imine (C=N–C) groups is 1. The molecule has 0 aliphatic rings. The van der Waals surface area contributed by atoms with Crippen LogP contribution >= 0.6 is 0 Å². The lowest BCUT2D eigenvalue weighted by atomic mass is 10.1. The molecular formula is C22H30N4O3S. The quantitative estimate of drug-likeness (QED) is 0.494. The molecule has 30 heavy (non-hydrogen) atoms. The maximum absolute atomic E-state index is 12.0. The van der Waals surface area contributed by atoms with Crippen molar-refractivity contribution in [2.24, 2.45) is 4.99 Å². The number of nitrogens with one attached hydrogen (secondary N) is 2. The number of nitrogens with zero attached hydrogens (tertiary/aromatic N) is 2. The van der Waals surface area contributed by atoms with Gasteiger partial charge in [0.15, 0.2) is 15.8 Å². The average molecular weight is 431 g/mol. The molecule has 0 radical (unpaired) electrons. The zero-order chi connectivity index (χ0) is 22.1. The Bertz CT molecular complexity index is 966. The van der Waals surface area contributed by atoms with E-state index >= 15 is 0 Å². The highest BCUT2D eigenvalue weighted by atomic mass is 32.2. The Labute approximate surface area is 179 Å². The van der Waals surface area contributed by atoms with E-state index in [1.54, 1.807) is 31.1 Å². The van der Waals surface area contributed by atoms with Gasteiger partial charge in [0.05, 0.1) is 11.4 Å². The minimum atomic E-state index is -3.17. The smallest absolute Gasteiger partial charge is 0.253 e. The fraction of sp³-hybridized carbons (Fsp3) is 0.364. The van der Waals surface area contributed by atoms with Gasteiger partial charge in [0.2, 0.25) is 0 Å². The maximum Gasteiger partial charge on any atom is 0.253 e. The highest BCUT2D eigenvalue weighted by molar-refractivity contribution is 7.90. The van der Waals surface area contributed by atoms with Crippen molar-refractivity contribution in [3.63, 3.8) is 0 Å². The Balaban J connectivity index is 1.92. The van der Waals surface area contributed by atoms with Crippen LogP contribution in [0.15, 0.2) is 58.4 Å². The van der Waals surface area contributed by atoms with E-state index in [2.05, 4.69) is 15.6 Å². The Hall–Kier alpha value is -2.87. The van der Waals surface area contributed by atoms with Crippen LogP contribution in [0, 0.1) is 0 Å². The zero-order valence-corrected chi connectivity index (χ0v) is 18.8. The summed E-state index contributed by atoms with van der Waals surface area (Å²) in [5.74, 6) is 0.684. The van der Waals surface area contributed by atoms with E-state index in [0.29, 0.717) is 29.5 Å². The Kier molecular flexibility index (Phi) is 8.41. The van der Waals surface area contributed by atoms with E-state index in [-0.39, 0.29) is 5.91 Å². The molecule has 0 atom stereocenters. The van der Waals surface area contributed by atoms with Crippen molar-refractivity contribution in [2.45, 2.75) is 24.8 Å². The summed E-state index contributed by atoms with van der Waals surface area (Å²) < 4.78 is 23.1. The third-order valence-corrected chi connectivity index (χ3v) is 5.56. The molecule has 1 amide bonds. The monoisotopic (exact) mass is 430 g/mol. The van der Waals surface area contributed by atoms with Gasteiger partial charge in [0, 0.05) is 39.0 Å². The number of carbonyl (C=O) groups is 1. The van der Waals surface area contributed by atoms with E-state index in [9.17, 15) is 13.2 Å². The molecule has 2 aromatic carbocycles. The molecule has 2 rings (SSSR count). The summed E-state index contributed by atoms with van der Waals surface area (Å²) in [6, 6.07) is 14.4. The summed E-state index contributed by atoms with van der Waals surface area (Å²) in [7, 11) is 0.290. The molecule has 0 aromatic heterocycles. The highest BCUT2D eigenvalue weighted by Crippen LogP contribution is 2.10. The first kappa shape index (κ1) is 23.4. The number of rotatable bonds is 8. The predicted molar refractivity (Wildman–Crippen MR) is 121 cm³/mol. The van der Waals surface area contributed by atoms with Gasteiger partial charge >= 0.3 is 0 Å². The molecule has 0 saturated carbocycles. The van der Waals surface area contributed by atoms with Gasteiger partial charge in [-0.2, -0.15) is 0 Å². The molecule has 0 saturated heterocycles. The molecule has 8 heteroatoms. The van der Waals surface area contributed by atoms with Crippen molar-refractivity contribution in [2.75, 3.05) is 33.4 Å². The molecular weight excluding hydrogens is 400 g/mol. The maximum atomic E-state index is 12.0. The fourth-order valence-corrected chi connectivity index (χ4v) is 3.38. The van der Waals surface area contributed by atoms with Gasteiger partial charge in [-0.25, -0.2) is 13.4 Å². The summed E-state index contributed by atoms with van der Waals surface area (Å²) in [6.07, 6.45) is 1.95. The second kappa shape index (κ2) is 10.8. The van der Waals surface area contributed by atoms with Crippen LogP contribution in [0.5, 0.6) is 0 Å². The lowest BCUT2D eigenvalue weighted by Gasteiger charge is -2.12. The molecule has 7 nitrogen and oxygen atoms in total. The predicted octanol–water partition coefficient (Wildman–Crippen LogP) is 2.09. The SMILES string of the molecule is CCNC(=NCc1ccc(C(=O)N(C)C)cc1)NCCc1ccc(S(C)(=O)=O)cc1. The Morgan fingerprint density at radius 3 is 2.10 bits per heavy atom. The second-order valence-electron chi connectivity index (χ2n) is 7.18. The summed E-state index contributed by atoms with van der Waals surface area (Å²) in [5.41, 5.74) is 2.71. The second-order valence-corrected chi connectivity index (χ2v) is 9.20. The number of guanidine groups is 1. The molecule has 0 aliphatic heterocycles. The fourth-order valence-electron chi connectivity index (χ4n) is 2.75. The van der Waals surface area contributed by atoms with Gasteiger partial charge < -0.3 is 15.5 Å². The van der Waals surface area contributed by atoms with Crippen LogP contribution in [0.25, 0.3) is 0 Å². The first-order valence-electron chi connectivity index (χ1n) is 9.82. The minimum absolute atomic E-state index is 0.0235. The van der Waals surface area contributed by atoms with E-state index in [0.717, 1.165) is 24.1 Å². The van der Waals surface area contributed by atoms with E-state index in [1.807, 2.05) is 43.3 Å². The molecule has 0 bridgehead atoms. The van der Waals surface area contributed by atoms with Crippen LogP contribution in [-0.4, -0.2) is 58.6 Å². The lowest BCUT2D eigenvalue weighted by molar-refractivity contribution is 0.0827. The van der Waals surface area contributed by atoms with Crippen LogP contribution < -0.4 is 10.6 Å². The summed E-state index contributed by atoms with van der Waals surface area (Å²) in [5, 5.41) is 6.50. The molecule has 2 N–H and O–H groups in total. The highest BCUT2D eigenvalue weighted by Gasteiger charge is 2.08. The third-order valence-electron chi connectivity index (χ3n) is 4.43. The lowest BCUT2D eigenvalue weighted by Crippen LogP contribution is -2.38. The molecule has 0 fully saturated rings. The van der Waals surface area contributed by atoms with E-state index < -0.39 is 9.84 Å². The van der Waals surface area contributed by atoms with Crippen molar-refractivity contribution >= 4 is 21.7 Å². The van der Waals surface area contributed by atoms with Crippen LogP contribution in [-0.2, 0) is 22.8 Å². The van der Waals surface area contributed by atoms with Gasteiger partial charge in [-0.05, 0) is 48.7 Å². The number of benzene rings is 2. The van der Waals surface area contributed by atoms with Gasteiger partial charge in [-0.3, -0.25) is 4.79 Å². The van der Waals surface area contributed by atoms with Crippen molar-refractivity contribution in [1.82, 2.24) is 15.5 Å². The first-order valence-corrected chi connectivity index (χ1v) is 11.7. The minimum Gasteiger partial charge on any atom is -0.357 e. The molecule has 0 spiro atoms. The number of amides is 1. The molecule has 0 aliphatic carbocycles. The third kappa shape index (κ3) is 7.18. The molecule has 162 valence electrons. The van der Waals surface area contributed by atoms with Crippen LogP contribution in [0.1, 0.15) is 28.4 Å². The largest absolute Gasteiger partial charge is 0.357 e. The normalized spacial score (nSPS) is 11.8. The summed E-state index contributed by atoms with van der Waals surface area (Å²) in [6.45, 7) is 3.91. The van der Waals surface area contributed by atoms with E-state index in [4.69, 9.17) is 0 Å². The summed E-state index contributed by atoms with van der Waals surface area (Å²) >= 11 is 0. The average Bonchev–Trinajstić information content (AvgIpc) is 2.71. The Morgan fingerprint density at radius 1 is 0.967 bits per heavy atom. The molecule has 0 heterocycles. The zero-order valence-electron chi connectivity index (χ0n) is 18.0. The van der Waals surface area contributed by atoms with Gasteiger partial charge in [-0.1, -0.05) is 24.3 Å². The number of hydrogen-bond acceptors (Lipinski definition) is 4. The molecule has 0 unspecified atom stereocenters. The van der Waals surface area contributed by atoms with Crippen LogP contribution in [0.2, 0.25) is 0 Å². The van der Waals surface area contributed by atoms with E-state index in [1.165, 1.54) is 6.26 Å². The number of carbonyl (C=O) groups excluding carboxylic acids is 1. The van der Waals surface area contributed by atoms with Crippen LogP contribution in [0.3, 0.4) is 0 Å². The van der Waals surface area contributed by atoms with Crippen molar-refractivity contribution in [3.05, 3.63) is 65.2 Å². The van der Waals surface area contributed by atoms with Gasteiger partial charge in [0.1, 0.15) is 0 Å². The Morgan fingerprint density at radius 2 is 1.57 bits per heavy atom. The standard InChI is InChI=1S/C22H30N4O3S/c1-5-23-22(24-15-14-17-8-12-20(13-9-17)30(4,28)29)25-16-18-6-10-19(11-7-18)21(27)26(2)3/h6-13H,5,14-16H2,1-4H3,(H2,23,24,25). The van der Waals surface area contributed by atoms with Gasteiger partial charge in [0.25, 0.3) is 5.91 Å². The topological polar surface area (TPSA) is 90.9 Å². The van der Waals surface area contributed by atoms with Crippen molar-refractivity contribution in [1.29, 1.82) is 0 Å². The van der Waals surface area contributed by atoms with Gasteiger partial charge in [-0.15, -0.1) is 0 Å².